The summed E-state index contributed by atoms with van der Waals surface area (Å²) in [5, 5.41) is 8.60. The fourth-order valence-electron chi connectivity index (χ4n) is 6.16. The van der Waals surface area contributed by atoms with Crippen molar-refractivity contribution < 1.29 is 28.7 Å². The summed E-state index contributed by atoms with van der Waals surface area (Å²) in [4.78, 5) is 55.1. The fourth-order valence-corrected chi connectivity index (χ4v) is 8.40. The van der Waals surface area contributed by atoms with E-state index in [1.165, 1.54) is 35.8 Å². The summed E-state index contributed by atoms with van der Waals surface area (Å²) >= 11 is 2.76. The first kappa shape index (κ1) is 37.1. The maximum atomic E-state index is 13.6. The number of hydrogen-bond acceptors (Lipinski definition) is 8. The van der Waals surface area contributed by atoms with E-state index < -0.39 is 23.0 Å². The number of thioether (sulfide) groups is 1. The fraction of sp³-hybridized carbons (Fsp3) is 0.190. The van der Waals surface area contributed by atoms with Gasteiger partial charge >= 0.3 is 5.97 Å². The standard InChI is InChI=1S/C42H39N3O6S2/c1-26(38(46)45-41-37(42(49)51-3)34-21-20-30(24-36(34)53-41)28-13-6-4-7-14-28)52-33-19-11-17-31(25-33)43-40(48)35(23-27-12-10-18-32(22-27)50-2)44-39(47)29-15-8-5-9-16-29/h4-19,22-23,25-26,30H,20-21,24H2,1-3H3,(H,43,48)(H,44,47)(H,45,46)/b35-23-. The van der Waals surface area contributed by atoms with Gasteiger partial charge in [0, 0.05) is 21.0 Å². The first-order valence-corrected chi connectivity index (χ1v) is 18.8. The number of anilines is 2. The van der Waals surface area contributed by atoms with Gasteiger partial charge in [0.2, 0.25) is 5.91 Å². The van der Waals surface area contributed by atoms with Crippen LogP contribution in [0.5, 0.6) is 5.75 Å². The molecule has 4 aromatic carbocycles. The predicted molar refractivity (Wildman–Crippen MR) is 211 cm³/mol. The van der Waals surface area contributed by atoms with E-state index in [2.05, 4.69) is 28.1 Å². The number of thiophene rings is 1. The Balaban J connectivity index is 1.15. The van der Waals surface area contributed by atoms with E-state index in [9.17, 15) is 19.2 Å². The molecule has 2 atom stereocenters. The Hall–Kier alpha value is -5.65. The van der Waals surface area contributed by atoms with Crippen LogP contribution in [0, 0.1) is 0 Å². The van der Waals surface area contributed by atoms with E-state index in [-0.39, 0.29) is 11.6 Å². The molecule has 53 heavy (non-hydrogen) atoms. The summed E-state index contributed by atoms with van der Waals surface area (Å²) < 4.78 is 10.5. The summed E-state index contributed by atoms with van der Waals surface area (Å²) in [5.74, 6) is -0.743. The zero-order valence-corrected chi connectivity index (χ0v) is 31.1. The van der Waals surface area contributed by atoms with Crippen LogP contribution in [0.3, 0.4) is 0 Å². The van der Waals surface area contributed by atoms with Crippen LogP contribution in [0.4, 0.5) is 10.7 Å². The molecule has 270 valence electrons. The summed E-state index contributed by atoms with van der Waals surface area (Å²) in [6.07, 6.45) is 4.00. The smallest absolute Gasteiger partial charge is 0.341 e. The quantitative estimate of drug-likeness (QED) is 0.0667. The van der Waals surface area contributed by atoms with E-state index in [0.29, 0.717) is 39.0 Å². The Kier molecular flexibility index (Phi) is 12.1. The Labute approximate surface area is 316 Å². The molecule has 0 spiro atoms. The molecule has 2 unspecified atom stereocenters. The second-order valence-electron chi connectivity index (χ2n) is 12.4. The molecular weight excluding hydrogens is 707 g/mol. The molecule has 0 bridgehead atoms. The van der Waals surface area contributed by atoms with Crippen LogP contribution in [-0.2, 0) is 27.2 Å². The number of rotatable bonds is 12. The minimum atomic E-state index is -0.545. The lowest BCUT2D eigenvalue weighted by molar-refractivity contribution is -0.115. The Morgan fingerprint density at radius 1 is 0.868 bits per heavy atom. The van der Waals surface area contributed by atoms with Gasteiger partial charge in [-0.2, -0.15) is 0 Å². The number of ether oxygens (including phenoxy) is 2. The van der Waals surface area contributed by atoms with E-state index in [1.807, 2.05) is 30.3 Å². The van der Waals surface area contributed by atoms with Crippen LogP contribution in [-0.4, -0.2) is 43.2 Å². The summed E-state index contributed by atoms with van der Waals surface area (Å²) in [6, 6.07) is 33.3. The van der Waals surface area contributed by atoms with Crippen LogP contribution >= 0.6 is 23.1 Å². The molecule has 1 heterocycles. The van der Waals surface area contributed by atoms with Gasteiger partial charge < -0.3 is 25.4 Å². The number of esters is 1. The molecule has 1 aliphatic rings. The molecule has 6 rings (SSSR count). The van der Waals surface area contributed by atoms with Gasteiger partial charge in [0.05, 0.1) is 25.0 Å². The lowest BCUT2D eigenvalue weighted by Crippen LogP contribution is -2.30. The number of carbonyl (C=O) groups is 4. The van der Waals surface area contributed by atoms with Gasteiger partial charge in [-0.1, -0.05) is 66.7 Å². The Morgan fingerprint density at radius 3 is 2.34 bits per heavy atom. The van der Waals surface area contributed by atoms with Crippen molar-refractivity contribution in [2.24, 2.45) is 0 Å². The molecule has 0 saturated carbocycles. The van der Waals surface area contributed by atoms with Crippen molar-refractivity contribution in [3.63, 3.8) is 0 Å². The Morgan fingerprint density at radius 2 is 1.60 bits per heavy atom. The summed E-state index contributed by atoms with van der Waals surface area (Å²) in [7, 11) is 2.91. The zero-order valence-electron chi connectivity index (χ0n) is 29.5. The predicted octanol–water partition coefficient (Wildman–Crippen LogP) is 8.34. The average Bonchev–Trinajstić information content (AvgIpc) is 3.55. The number of carbonyl (C=O) groups excluding carboxylic acids is 4. The van der Waals surface area contributed by atoms with E-state index in [1.54, 1.807) is 86.8 Å². The molecule has 0 saturated heterocycles. The van der Waals surface area contributed by atoms with Gasteiger partial charge in [-0.3, -0.25) is 14.4 Å². The normalized spacial score (nSPS) is 14.3. The van der Waals surface area contributed by atoms with Gasteiger partial charge in [-0.25, -0.2) is 4.79 Å². The topological polar surface area (TPSA) is 123 Å². The van der Waals surface area contributed by atoms with Gasteiger partial charge in [0.25, 0.3) is 11.8 Å². The zero-order chi connectivity index (χ0) is 37.3. The van der Waals surface area contributed by atoms with Gasteiger partial charge in [-0.05, 0) is 97.3 Å². The van der Waals surface area contributed by atoms with E-state index in [0.717, 1.165) is 34.6 Å². The van der Waals surface area contributed by atoms with Gasteiger partial charge in [-0.15, -0.1) is 23.1 Å². The van der Waals surface area contributed by atoms with Gasteiger partial charge in [0.15, 0.2) is 0 Å². The van der Waals surface area contributed by atoms with Crippen molar-refractivity contribution in [2.45, 2.75) is 42.2 Å². The first-order chi connectivity index (χ1) is 25.7. The lowest BCUT2D eigenvalue weighted by atomic mass is 9.83. The number of benzene rings is 4. The number of fused-ring (bicyclic) bond motifs is 1. The van der Waals surface area contributed by atoms with Gasteiger partial charge in [0.1, 0.15) is 16.4 Å². The molecule has 11 heteroatoms. The Bertz CT molecular complexity index is 2150. The van der Waals surface area contributed by atoms with Crippen LogP contribution < -0.4 is 20.7 Å². The third-order valence-corrected chi connectivity index (χ3v) is 11.1. The maximum Gasteiger partial charge on any atom is 0.341 e. The van der Waals surface area contributed by atoms with Crippen molar-refractivity contribution in [3.8, 4) is 5.75 Å². The highest BCUT2D eigenvalue weighted by atomic mass is 32.2. The third-order valence-electron chi connectivity index (χ3n) is 8.87. The lowest BCUT2D eigenvalue weighted by Gasteiger charge is -2.22. The highest BCUT2D eigenvalue weighted by Crippen LogP contribution is 2.43. The van der Waals surface area contributed by atoms with Crippen molar-refractivity contribution >= 4 is 63.6 Å². The minimum Gasteiger partial charge on any atom is -0.497 e. The summed E-state index contributed by atoms with van der Waals surface area (Å²) in [6.45, 7) is 1.79. The number of methoxy groups -OCH3 is 2. The molecule has 1 aromatic heterocycles. The van der Waals surface area contributed by atoms with Crippen molar-refractivity contribution in [3.05, 3.63) is 148 Å². The van der Waals surface area contributed by atoms with Crippen molar-refractivity contribution in [1.82, 2.24) is 5.32 Å². The second-order valence-corrected chi connectivity index (χ2v) is 15.0. The second kappa shape index (κ2) is 17.2. The molecule has 1 aliphatic carbocycles. The third kappa shape index (κ3) is 9.24. The van der Waals surface area contributed by atoms with Crippen LogP contribution in [0.1, 0.15) is 61.5 Å². The highest BCUT2D eigenvalue weighted by Gasteiger charge is 2.31. The van der Waals surface area contributed by atoms with Crippen LogP contribution in [0.25, 0.3) is 6.08 Å². The molecule has 3 amide bonds. The van der Waals surface area contributed by atoms with Crippen molar-refractivity contribution in [2.75, 3.05) is 24.9 Å². The molecule has 0 fully saturated rings. The van der Waals surface area contributed by atoms with E-state index >= 15 is 0 Å². The average molecular weight is 746 g/mol. The molecule has 9 nitrogen and oxygen atoms in total. The monoisotopic (exact) mass is 745 g/mol. The first-order valence-electron chi connectivity index (χ1n) is 17.1. The highest BCUT2D eigenvalue weighted by molar-refractivity contribution is 8.00. The summed E-state index contributed by atoms with van der Waals surface area (Å²) in [5.41, 5.74) is 4.23. The molecule has 0 radical (unpaired) electrons. The van der Waals surface area contributed by atoms with Crippen LogP contribution in [0.2, 0.25) is 0 Å². The SMILES string of the molecule is COC(=O)c1c(NC(=O)C(C)Sc2cccc(NC(=O)/C(=C/c3cccc(OC)c3)NC(=O)c3ccccc3)c2)sc2c1CCC(c1ccccc1)C2. The molecule has 5 aromatic rings. The van der Waals surface area contributed by atoms with E-state index in [4.69, 9.17) is 9.47 Å². The number of nitrogens with one attached hydrogen (secondary N) is 3. The van der Waals surface area contributed by atoms with Crippen LogP contribution in [0.15, 0.2) is 120 Å². The maximum absolute atomic E-state index is 13.6. The molecule has 0 aliphatic heterocycles. The molecule has 3 N–H and O–H groups in total. The largest absolute Gasteiger partial charge is 0.497 e. The number of hydrogen-bond donors (Lipinski definition) is 3. The number of amides is 3. The van der Waals surface area contributed by atoms with Crippen molar-refractivity contribution in [1.29, 1.82) is 0 Å². The molecular formula is C42H39N3O6S2. The minimum absolute atomic E-state index is 0.0352.